The Hall–Kier alpha value is -2.85. The van der Waals surface area contributed by atoms with Gasteiger partial charge in [0.25, 0.3) is 0 Å². The Morgan fingerprint density at radius 1 is 1.12 bits per heavy atom. The highest BCUT2D eigenvalue weighted by atomic mass is 19.1. The molecule has 2 N–H and O–H groups in total. The van der Waals surface area contributed by atoms with Crippen LogP contribution in [0.15, 0.2) is 89.7 Å². The summed E-state index contributed by atoms with van der Waals surface area (Å²) in [5.74, 6) is 0.409. The van der Waals surface area contributed by atoms with Crippen LogP contribution in [0.4, 0.5) is 10.1 Å². The van der Waals surface area contributed by atoms with Gasteiger partial charge >= 0.3 is 0 Å². The van der Waals surface area contributed by atoms with E-state index in [0.717, 1.165) is 41.7 Å². The molecular formula is C28H34FNO2. The molecule has 0 saturated carbocycles. The number of anilines is 1. The molecule has 2 aromatic rings. The van der Waals surface area contributed by atoms with Crippen LogP contribution in [-0.4, -0.2) is 22.8 Å². The summed E-state index contributed by atoms with van der Waals surface area (Å²) in [6.07, 6.45) is 3.42. The van der Waals surface area contributed by atoms with E-state index in [4.69, 9.17) is 0 Å². The van der Waals surface area contributed by atoms with Gasteiger partial charge in [0, 0.05) is 18.3 Å². The molecule has 0 spiro atoms. The Morgan fingerprint density at radius 2 is 1.78 bits per heavy atom. The van der Waals surface area contributed by atoms with E-state index in [1.165, 1.54) is 17.8 Å². The van der Waals surface area contributed by atoms with Gasteiger partial charge in [-0.1, -0.05) is 42.5 Å². The molecule has 1 aliphatic rings. The van der Waals surface area contributed by atoms with E-state index in [0.29, 0.717) is 18.1 Å². The number of hydrogen-bond acceptors (Lipinski definition) is 3. The van der Waals surface area contributed by atoms with E-state index in [1.54, 1.807) is 18.2 Å². The summed E-state index contributed by atoms with van der Waals surface area (Å²) in [6, 6.07) is 16.6. The zero-order valence-electron chi connectivity index (χ0n) is 19.3. The first kappa shape index (κ1) is 23.8. The quantitative estimate of drug-likeness (QED) is 0.333. The van der Waals surface area contributed by atoms with Crippen LogP contribution in [0.3, 0.4) is 0 Å². The molecule has 0 amide bonds. The van der Waals surface area contributed by atoms with Gasteiger partial charge in [-0.2, -0.15) is 0 Å². The zero-order chi connectivity index (χ0) is 23.3. The summed E-state index contributed by atoms with van der Waals surface area (Å²) in [6.45, 7) is 10.7. The van der Waals surface area contributed by atoms with Crippen molar-refractivity contribution >= 4 is 5.69 Å². The van der Waals surface area contributed by atoms with Crippen LogP contribution >= 0.6 is 0 Å². The Bertz CT molecular complexity index is 978. The maximum absolute atomic E-state index is 13.2. The largest absolute Gasteiger partial charge is 0.508 e. The van der Waals surface area contributed by atoms with E-state index >= 15 is 0 Å². The lowest BCUT2D eigenvalue weighted by Crippen LogP contribution is -2.56. The fraction of sp³-hybridized carbons (Fsp3) is 0.357. The van der Waals surface area contributed by atoms with E-state index in [9.17, 15) is 14.6 Å². The van der Waals surface area contributed by atoms with E-state index in [2.05, 4.69) is 23.6 Å². The summed E-state index contributed by atoms with van der Waals surface area (Å²) < 4.78 is 13.2. The van der Waals surface area contributed by atoms with Crippen molar-refractivity contribution < 1.29 is 14.6 Å². The van der Waals surface area contributed by atoms with Crippen molar-refractivity contribution in [2.45, 2.75) is 52.2 Å². The highest BCUT2D eigenvalue weighted by molar-refractivity contribution is 5.51. The predicted octanol–water partition coefficient (Wildman–Crippen LogP) is 6.89. The molecule has 4 heteroatoms. The molecule has 0 bridgehead atoms. The third-order valence-electron chi connectivity index (χ3n) is 6.51. The molecule has 3 rings (SSSR count). The Morgan fingerprint density at radius 3 is 2.41 bits per heavy atom. The van der Waals surface area contributed by atoms with Crippen molar-refractivity contribution in [1.29, 1.82) is 0 Å². The molecule has 1 saturated heterocycles. The minimum absolute atomic E-state index is 0.249. The molecule has 1 fully saturated rings. The van der Waals surface area contributed by atoms with Gasteiger partial charge < -0.3 is 15.1 Å². The Labute approximate surface area is 191 Å². The third kappa shape index (κ3) is 5.89. The van der Waals surface area contributed by atoms with Gasteiger partial charge in [0.1, 0.15) is 11.6 Å². The fourth-order valence-corrected chi connectivity index (χ4v) is 4.20. The van der Waals surface area contributed by atoms with Crippen LogP contribution in [0.25, 0.3) is 0 Å². The molecule has 2 aromatic carbocycles. The van der Waals surface area contributed by atoms with Crippen molar-refractivity contribution in [2.75, 3.05) is 11.4 Å². The van der Waals surface area contributed by atoms with Gasteiger partial charge in [-0.05, 0) is 93.0 Å². The molecule has 1 heterocycles. The number of benzene rings is 2. The summed E-state index contributed by atoms with van der Waals surface area (Å²) in [5.41, 5.74) is 4.77. The van der Waals surface area contributed by atoms with Gasteiger partial charge in [-0.15, -0.1) is 0 Å². The van der Waals surface area contributed by atoms with Crippen molar-refractivity contribution in [1.82, 2.24) is 0 Å². The molecule has 0 aliphatic carbocycles. The first-order valence-corrected chi connectivity index (χ1v) is 11.2. The first-order chi connectivity index (χ1) is 15.3. The van der Waals surface area contributed by atoms with Crippen LogP contribution in [0.2, 0.25) is 0 Å². The van der Waals surface area contributed by atoms with Crippen molar-refractivity contribution in [3.05, 3.63) is 101 Å². The second kappa shape index (κ2) is 10.6. The normalized spacial score (nSPS) is 20.4. The number of para-hydroxylation sites is 1. The standard InChI is InChI=1S/C28H34FNO2/c1-19(2)20(3)17-28(32)21(4)16-26-23(18-30(26)25-8-6-5-7-9-25)12-15-27(31)22-10-13-24(29)14-11-22/h5-11,13-14,17,23,26-27,31-32H,1,12,15-16,18H2,2-4H3/b20-17+,28-21-/t23-,26?,27?/m0/s1. The van der Waals surface area contributed by atoms with Gasteiger partial charge in [0.15, 0.2) is 0 Å². The first-order valence-electron chi connectivity index (χ1n) is 11.2. The Balaban J connectivity index is 1.72. The predicted molar refractivity (Wildman–Crippen MR) is 130 cm³/mol. The maximum Gasteiger partial charge on any atom is 0.123 e. The fourth-order valence-electron chi connectivity index (χ4n) is 4.20. The lowest BCUT2D eigenvalue weighted by Gasteiger charge is -2.50. The van der Waals surface area contributed by atoms with Gasteiger partial charge in [0.2, 0.25) is 0 Å². The van der Waals surface area contributed by atoms with E-state index < -0.39 is 6.10 Å². The van der Waals surface area contributed by atoms with Crippen LogP contribution < -0.4 is 4.90 Å². The van der Waals surface area contributed by atoms with Crippen molar-refractivity contribution in [3.63, 3.8) is 0 Å². The summed E-state index contributed by atoms with van der Waals surface area (Å²) in [5, 5.41) is 21.2. The minimum Gasteiger partial charge on any atom is -0.508 e. The summed E-state index contributed by atoms with van der Waals surface area (Å²) in [4.78, 5) is 2.38. The summed E-state index contributed by atoms with van der Waals surface area (Å²) in [7, 11) is 0. The van der Waals surface area contributed by atoms with Crippen molar-refractivity contribution in [3.8, 4) is 0 Å². The van der Waals surface area contributed by atoms with Crippen molar-refractivity contribution in [2.24, 2.45) is 5.92 Å². The lowest BCUT2D eigenvalue weighted by molar-refractivity contribution is 0.143. The molecule has 3 atom stereocenters. The van der Waals surface area contributed by atoms with E-state index in [-0.39, 0.29) is 11.9 Å². The maximum atomic E-state index is 13.2. The molecule has 1 aliphatic heterocycles. The van der Waals surface area contributed by atoms with Crippen LogP contribution in [0.5, 0.6) is 0 Å². The second-order valence-electron chi connectivity index (χ2n) is 8.94. The topological polar surface area (TPSA) is 43.7 Å². The molecule has 3 nitrogen and oxygen atoms in total. The second-order valence-corrected chi connectivity index (χ2v) is 8.94. The van der Waals surface area contributed by atoms with Crippen LogP contribution in [-0.2, 0) is 0 Å². The number of allylic oxidation sites excluding steroid dienone is 3. The average Bonchev–Trinajstić information content (AvgIpc) is 2.77. The number of rotatable bonds is 9. The Kier molecular flexibility index (Phi) is 7.92. The zero-order valence-corrected chi connectivity index (χ0v) is 19.3. The monoisotopic (exact) mass is 435 g/mol. The van der Waals surface area contributed by atoms with Gasteiger partial charge in [-0.25, -0.2) is 4.39 Å². The molecule has 32 heavy (non-hydrogen) atoms. The number of aliphatic hydroxyl groups excluding tert-OH is 2. The third-order valence-corrected chi connectivity index (χ3v) is 6.51. The average molecular weight is 436 g/mol. The van der Waals surface area contributed by atoms with Gasteiger partial charge in [0.05, 0.1) is 6.10 Å². The highest BCUT2D eigenvalue weighted by Crippen LogP contribution is 2.38. The lowest BCUT2D eigenvalue weighted by atomic mass is 9.79. The molecule has 0 radical (unpaired) electrons. The van der Waals surface area contributed by atoms with Crippen LogP contribution in [0, 0.1) is 11.7 Å². The van der Waals surface area contributed by atoms with Crippen LogP contribution in [0.1, 0.15) is 51.7 Å². The number of nitrogens with zero attached hydrogens (tertiary/aromatic N) is 1. The number of halogens is 1. The SMILES string of the molecule is C=C(C)/C(C)=C/C(O)=C(\C)CC1[C@@H](CCC(O)c2ccc(F)cc2)CN1c1ccccc1. The highest BCUT2D eigenvalue weighted by Gasteiger charge is 2.39. The summed E-state index contributed by atoms with van der Waals surface area (Å²) >= 11 is 0. The molecular weight excluding hydrogens is 401 g/mol. The smallest absolute Gasteiger partial charge is 0.123 e. The van der Waals surface area contributed by atoms with Gasteiger partial charge in [-0.3, -0.25) is 0 Å². The molecule has 0 aromatic heterocycles. The number of aliphatic hydroxyl groups is 2. The van der Waals surface area contributed by atoms with E-state index in [1.807, 2.05) is 39.0 Å². The minimum atomic E-state index is -0.604. The molecule has 2 unspecified atom stereocenters. The molecule has 170 valence electrons. The number of hydrogen-bond donors (Lipinski definition) is 2.